The molecule has 1 fully saturated rings. The quantitative estimate of drug-likeness (QED) is 0.630. The Kier molecular flexibility index (Phi) is 5.59. The summed E-state index contributed by atoms with van der Waals surface area (Å²) < 4.78 is 23.0. The van der Waals surface area contributed by atoms with Crippen LogP contribution in [0.15, 0.2) is 0 Å². The molecule has 0 aromatic rings. The fourth-order valence-corrected chi connectivity index (χ4v) is 3.84. The number of ether oxygens (including phenoxy) is 2. The Morgan fingerprint density at radius 2 is 1.88 bits per heavy atom. The molecule has 1 heterocycles. The summed E-state index contributed by atoms with van der Waals surface area (Å²) in [6.07, 6.45) is 2.72. The summed E-state index contributed by atoms with van der Waals surface area (Å²) in [7, 11) is -0.290. The molecular weight excluding hydrogens is 236 g/mol. The number of hydrogen-bond acceptors (Lipinski definition) is 4. The fourth-order valence-electron chi connectivity index (χ4n) is 1.94. The van der Waals surface area contributed by atoms with Crippen molar-refractivity contribution in [2.75, 3.05) is 13.7 Å². The molecule has 5 heteroatoms. The molecule has 1 atom stereocenters. The van der Waals surface area contributed by atoms with Crippen molar-refractivity contribution in [2.45, 2.75) is 64.7 Å². The first-order chi connectivity index (χ1) is 8.03. The van der Waals surface area contributed by atoms with E-state index < -0.39 is 14.3 Å². The Morgan fingerprint density at radius 1 is 1.24 bits per heavy atom. The van der Waals surface area contributed by atoms with Crippen molar-refractivity contribution in [3.05, 3.63) is 0 Å². The summed E-state index contributed by atoms with van der Waals surface area (Å²) in [5.74, 6) is -0.527. The van der Waals surface area contributed by atoms with Crippen LogP contribution in [0.25, 0.3) is 0 Å². The molecule has 0 aromatic heterocycles. The van der Waals surface area contributed by atoms with Crippen molar-refractivity contribution in [3.8, 4) is 0 Å². The molecule has 0 amide bonds. The van der Waals surface area contributed by atoms with E-state index in [-0.39, 0.29) is 6.29 Å². The van der Waals surface area contributed by atoms with Crippen molar-refractivity contribution in [3.63, 3.8) is 0 Å². The molecule has 0 saturated carbocycles. The number of rotatable bonds is 8. The lowest BCUT2D eigenvalue weighted by molar-refractivity contribution is -0.458. The molecule has 0 spiro atoms. The van der Waals surface area contributed by atoms with Crippen LogP contribution in [0.5, 0.6) is 0 Å². The van der Waals surface area contributed by atoms with Crippen LogP contribution in [0.1, 0.15) is 40.0 Å². The first-order valence-electron chi connectivity index (χ1n) is 6.58. The minimum atomic E-state index is -2.02. The van der Waals surface area contributed by atoms with Gasteiger partial charge in [-0.2, -0.15) is 0 Å². The Labute approximate surface area is 106 Å². The third-order valence-corrected chi connectivity index (χ3v) is 6.32. The summed E-state index contributed by atoms with van der Waals surface area (Å²) in [4.78, 5) is 0. The summed E-state index contributed by atoms with van der Waals surface area (Å²) in [6, 6.07) is 1.00. The van der Waals surface area contributed by atoms with Crippen molar-refractivity contribution in [1.82, 2.24) is 0 Å². The zero-order chi connectivity index (χ0) is 12.9. The largest absolute Gasteiger partial charge is 0.398 e. The van der Waals surface area contributed by atoms with E-state index in [1.807, 2.05) is 0 Å². The van der Waals surface area contributed by atoms with Crippen LogP contribution in [0.4, 0.5) is 0 Å². The van der Waals surface area contributed by atoms with Gasteiger partial charge in [0.2, 0.25) is 0 Å². The molecule has 1 aliphatic heterocycles. The van der Waals surface area contributed by atoms with Gasteiger partial charge in [0.25, 0.3) is 0 Å². The van der Waals surface area contributed by atoms with Crippen molar-refractivity contribution >= 4 is 8.56 Å². The molecule has 17 heavy (non-hydrogen) atoms. The van der Waals surface area contributed by atoms with Gasteiger partial charge in [0.15, 0.2) is 12.1 Å². The molecule has 0 radical (unpaired) electrons. The standard InChI is InChI=1S/C12H26O4Si/c1-6-9-17(5,13-4)14-10-12(8-3)15-11(7-2)16-12/h11H,6-10H2,1-5H3. The third-order valence-electron chi connectivity index (χ3n) is 3.30. The zero-order valence-electron chi connectivity index (χ0n) is 11.7. The van der Waals surface area contributed by atoms with Gasteiger partial charge in [-0.3, -0.25) is 0 Å². The van der Waals surface area contributed by atoms with Gasteiger partial charge in [-0.1, -0.05) is 27.2 Å². The summed E-state index contributed by atoms with van der Waals surface area (Å²) in [5.41, 5.74) is 0. The fraction of sp³-hybridized carbons (Fsp3) is 1.00. The molecule has 1 saturated heterocycles. The molecule has 1 aliphatic rings. The molecule has 0 bridgehead atoms. The lowest BCUT2D eigenvalue weighted by atomic mass is 10.2. The zero-order valence-corrected chi connectivity index (χ0v) is 12.7. The molecule has 4 nitrogen and oxygen atoms in total. The average Bonchev–Trinajstić information content (AvgIpc) is 2.29. The number of hydrogen-bond donors (Lipinski definition) is 0. The SMILES string of the molecule is CCC[Si](C)(OC)OCC1(CC)OC(CC)O1. The van der Waals surface area contributed by atoms with Gasteiger partial charge in [0, 0.05) is 13.5 Å². The predicted molar refractivity (Wildman–Crippen MR) is 68.9 cm³/mol. The van der Waals surface area contributed by atoms with Crippen molar-refractivity contribution in [1.29, 1.82) is 0 Å². The summed E-state index contributed by atoms with van der Waals surface area (Å²) in [6.45, 7) is 8.83. The molecular formula is C12H26O4Si. The molecule has 0 aliphatic carbocycles. The van der Waals surface area contributed by atoms with Gasteiger partial charge in [0.05, 0.1) is 6.61 Å². The second kappa shape index (κ2) is 6.29. The van der Waals surface area contributed by atoms with E-state index in [4.69, 9.17) is 18.3 Å². The second-order valence-corrected chi connectivity index (χ2v) is 8.18. The highest BCUT2D eigenvalue weighted by Crippen LogP contribution is 2.35. The van der Waals surface area contributed by atoms with E-state index in [0.717, 1.165) is 25.3 Å². The van der Waals surface area contributed by atoms with Crippen LogP contribution >= 0.6 is 0 Å². The van der Waals surface area contributed by atoms with Crippen LogP contribution in [0, 0.1) is 0 Å². The lowest BCUT2D eigenvalue weighted by Crippen LogP contribution is -2.58. The normalized spacial score (nSPS) is 31.9. The van der Waals surface area contributed by atoms with Gasteiger partial charge in [-0.05, 0) is 19.0 Å². The maximum absolute atomic E-state index is 5.98. The second-order valence-electron chi connectivity index (χ2n) is 4.71. The average molecular weight is 262 g/mol. The summed E-state index contributed by atoms with van der Waals surface area (Å²) >= 11 is 0. The maximum Gasteiger partial charge on any atom is 0.334 e. The van der Waals surface area contributed by atoms with Crippen molar-refractivity contribution in [2.24, 2.45) is 0 Å². The monoisotopic (exact) mass is 262 g/mol. The highest BCUT2D eigenvalue weighted by atomic mass is 28.4. The van der Waals surface area contributed by atoms with Crippen LogP contribution in [-0.2, 0) is 18.3 Å². The van der Waals surface area contributed by atoms with Crippen LogP contribution < -0.4 is 0 Å². The molecule has 0 N–H and O–H groups in total. The van der Waals surface area contributed by atoms with Gasteiger partial charge < -0.3 is 18.3 Å². The van der Waals surface area contributed by atoms with E-state index in [1.54, 1.807) is 7.11 Å². The first kappa shape index (κ1) is 15.1. The molecule has 102 valence electrons. The highest BCUT2D eigenvalue weighted by Gasteiger charge is 2.46. The Morgan fingerprint density at radius 3 is 2.29 bits per heavy atom. The smallest absolute Gasteiger partial charge is 0.334 e. The van der Waals surface area contributed by atoms with Crippen LogP contribution in [0.3, 0.4) is 0 Å². The first-order valence-corrected chi connectivity index (χ1v) is 9.10. The lowest BCUT2D eigenvalue weighted by Gasteiger charge is -2.47. The van der Waals surface area contributed by atoms with Crippen molar-refractivity contribution < 1.29 is 18.3 Å². The van der Waals surface area contributed by atoms with E-state index in [2.05, 4.69) is 27.3 Å². The van der Waals surface area contributed by atoms with Crippen LogP contribution in [0.2, 0.25) is 12.6 Å². The Balaban J connectivity index is 2.42. The van der Waals surface area contributed by atoms with E-state index in [1.165, 1.54) is 0 Å². The van der Waals surface area contributed by atoms with Gasteiger partial charge in [0.1, 0.15) is 0 Å². The van der Waals surface area contributed by atoms with E-state index in [9.17, 15) is 0 Å². The molecule has 1 unspecified atom stereocenters. The maximum atomic E-state index is 5.98. The topological polar surface area (TPSA) is 36.9 Å². The van der Waals surface area contributed by atoms with E-state index >= 15 is 0 Å². The Bertz CT molecular complexity index is 231. The highest BCUT2D eigenvalue weighted by molar-refractivity contribution is 6.65. The Hall–Kier alpha value is 0.0569. The van der Waals surface area contributed by atoms with E-state index in [0.29, 0.717) is 6.61 Å². The van der Waals surface area contributed by atoms with Gasteiger partial charge >= 0.3 is 8.56 Å². The molecule has 1 rings (SSSR count). The van der Waals surface area contributed by atoms with Gasteiger partial charge in [-0.15, -0.1) is 0 Å². The third kappa shape index (κ3) is 3.76. The minimum Gasteiger partial charge on any atom is -0.398 e. The van der Waals surface area contributed by atoms with Crippen LogP contribution in [-0.4, -0.2) is 34.4 Å². The molecule has 0 aromatic carbocycles. The van der Waals surface area contributed by atoms with Gasteiger partial charge in [-0.25, -0.2) is 0 Å². The minimum absolute atomic E-state index is 0.0554. The summed E-state index contributed by atoms with van der Waals surface area (Å²) in [5, 5.41) is 0. The predicted octanol–water partition coefficient (Wildman–Crippen LogP) is 3.02.